The number of Topliss-reactive ketones (excluding diaryl/α,β-unsaturated/α-hetero) is 1. The van der Waals surface area contributed by atoms with Gasteiger partial charge >= 0.3 is 5.97 Å². The molecular formula is C22H23ClN2O4S. The topological polar surface area (TPSA) is 74.3 Å². The van der Waals surface area contributed by atoms with Gasteiger partial charge in [0, 0.05) is 39.0 Å². The molecule has 30 heavy (non-hydrogen) atoms. The van der Waals surface area contributed by atoms with Crippen molar-refractivity contribution in [1.29, 1.82) is 0 Å². The lowest BCUT2D eigenvalue weighted by Gasteiger charge is -2.10. The van der Waals surface area contributed by atoms with Crippen LogP contribution in [0.25, 0.3) is 5.69 Å². The van der Waals surface area contributed by atoms with Gasteiger partial charge in [-0.2, -0.15) is 0 Å². The van der Waals surface area contributed by atoms with Crippen molar-refractivity contribution in [2.24, 2.45) is 0 Å². The summed E-state index contributed by atoms with van der Waals surface area (Å²) in [4.78, 5) is 24.7. The quantitative estimate of drug-likeness (QED) is 0.357. The molecule has 0 bridgehead atoms. The number of aryl methyl sites for hydroxylation is 3. The van der Waals surface area contributed by atoms with Crippen molar-refractivity contribution in [3.8, 4) is 5.69 Å². The number of carbonyl (C=O) groups is 2. The van der Waals surface area contributed by atoms with Crippen LogP contribution in [0.1, 0.15) is 38.8 Å². The Morgan fingerprint density at radius 3 is 2.50 bits per heavy atom. The summed E-state index contributed by atoms with van der Waals surface area (Å²) in [5.74, 6) is 0.853. The molecule has 2 heterocycles. The van der Waals surface area contributed by atoms with Crippen LogP contribution in [-0.4, -0.2) is 33.8 Å². The maximum absolute atomic E-state index is 12.6. The number of benzene rings is 1. The molecule has 6 nitrogen and oxygen atoms in total. The Hall–Kier alpha value is -2.51. The van der Waals surface area contributed by atoms with Gasteiger partial charge in [-0.05, 0) is 58.0 Å². The van der Waals surface area contributed by atoms with Crippen LogP contribution in [0.2, 0.25) is 5.02 Å². The number of nitrogens with zero attached hydrogens (tertiary/aromatic N) is 2. The van der Waals surface area contributed by atoms with E-state index in [0.29, 0.717) is 16.3 Å². The van der Waals surface area contributed by atoms with Gasteiger partial charge in [0.2, 0.25) is 5.78 Å². The van der Waals surface area contributed by atoms with E-state index in [0.717, 1.165) is 34.1 Å². The van der Waals surface area contributed by atoms with Crippen LogP contribution in [-0.2, 0) is 15.3 Å². The third-order valence-electron chi connectivity index (χ3n) is 4.83. The van der Waals surface area contributed by atoms with E-state index in [1.54, 1.807) is 12.1 Å². The minimum atomic E-state index is -0.424. The summed E-state index contributed by atoms with van der Waals surface area (Å²) >= 11 is 7.37. The lowest BCUT2D eigenvalue weighted by atomic mass is 10.1. The Bertz CT molecular complexity index is 1050. The van der Waals surface area contributed by atoms with Crippen LogP contribution in [0.4, 0.5) is 0 Å². The van der Waals surface area contributed by atoms with Gasteiger partial charge in [-0.1, -0.05) is 16.8 Å². The molecule has 0 atom stereocenters. The Morgan fingerprint density at radius 2 is 1.87 bits per heavy atom. The second kappa shape index (κ2) is 9.53. The van der Waals surface area contributed by atoms with Crippen LogP contribution in [0.3, 0.4) is 0 Å². The van der Waals surface area contributed by atoms with Gasteiger partial charge in [0.25, 0.3) is 0 Å². The van der Waals surface area contributed by atoms with Crippen molar-refractivity contribution in [2.45, 2.75) is 33.4 Å². The van der Waals surface area contributed by atoms with Gasteiger partial charge in [-0.3, -0.25) is 9.59 Å². The first-order valence-corrected chi connectivity index (χ1v) is 10.9. The highest BCUT2D eigenvalue weighted by atomic mass is 35.5. The minimum Gasteiger partial charge on any atom is -0.457 e. The smallest absolute Gasteiger partial charge is 0.316 e. The monoisotopic (exact) mass is 446 g/mol. The van der Waals surface area contributed by atoms with Crippen LogP contribution < -0.4 is 0 Å². The van der Waals surface area contributed by atoms with Crippen molar-refractivity contribution in [1.82, 2.24) is 9.72 Å². The molecule has 0 unspecified atom stereocenters. The number of aromatic nitrogens is 2. The molecule has 0 spiro atoms. The number of halogens is 1. The number of rotatable bonds is 8. The molecule has 0 aliphatic carbocycles. The average molecular weight is 447 g/mol. The number of carbonyl (C=O) groups excluding carboxylic acids is 2. The average Bonchev–Trinajstić information content (AvgIpc) is 3.19. The van der Waals surface area contributed by atoms with Crippen molar-refractivity contribution < 1.29 is 18.8 Å². The van der Waals surface area contributed by atoms with Gasteiger partial charge in [-0.15, -0.1) is 11.8 Å². The van der Waals surface area contributed by atoms with Gasteiger partial charge in [-0.25, -0.2) is 0 Å². The first-order valence-electron chi connectivity index (χ1n) is 9.41. The lowest BCUT2D eigenvalue weighted by molar-refractivity contribution is -0.139. The molecule has 8 heteroatoms. The Kier molecular flexibility index (Phi) is 7.05. The zero-order valence-corrected chi connectivity index (χ0v) is 18.9. The lowest BCUT2D eigenvalue weighted by Crippen LogP contribution is -2.16. The fraction of sp³-hybridized carbons (Fsp3) is 0.318. The van der Waals surface area contributed by atoms with Crippen molar-refractivity contribution in [2.75, 3.05) is 12.4 Å². The second-order valence-electron chi connectivity index (χ2n) is 6.98. The molecule has 0 aliphatic rings. The number of hydrogen-bond acceptors (Lipinski definition) is 6. The molecule has 1 aromatic carbocycles. The third-order valence-corrected chi connectivity index (χ3v) is 6.01. The highest BCUT2D eigenvalue weighted by Gasteiger charge is 2.18. The molecule has 3 aromatic rings. The van der Waals surface area contributed by atoms with E-state index in [-0.39, 0.29) is 18.1 Å². The molecule has 0 aliphatic heterocycles. The molecule has 0 amide bonds. The summed E-state index contributed by atoms with van der Waals surface area (Å²) in [7, 11) is 0. The highest BCUT2D eigenvalue weighted by Crippen LogP contribution is 2.23. The SMILES string of the molecule is Cc1noc(C)c1CSCC(=O)OCC(=O)c1cc(C)n(-c2ccc(Cl)cc2)c1C. The fourth-order valence-corrected chi connectivity index (χ4v) is 4.34. The van der Waals surface area contributed by atoms with Gasteiger partial charge < -0.3 is 13.8 Å². The summed E-state index contributed by atoms with van der Waals surface area (Å²) in [5, 5.41) is 4.54. The minimum absolute atomic E-state index is 0.154. The van der Waals surface area contributed by atoms with Crippen LogP contribution in [0, 0.1) is 27.7 Å². The maximum atomic E-state index is 12.6. The fourth-order valence-electron chi connectivity index (χ4n) is 3.24. The number of ether oxygens (including phenoxy) is 1. The molecule has 3 rings (SSSR count). The first kappa shape index (κ1) is 22.2. The second-order valence-corrected chi connectivity index (χ2v) is 8.40. The number of ketones is 1. The predicted octanol–water partition coefficient (Wildman–Crippen LogP) is 5.01. The van der Waals surface area contributed by atoms with Crippen molar-refractivity contribution >= 4 is 35.1 Å². The summed E-state index contributed by atoms with van der Waals surface area (Å²) in [6, 6.07) is 9.21. The molecule has 0 fully saturated rings. The Labute approximate surface area is 184 Å². The molecule has 0 N–H and O–H groups in total. The summed E-state index contributed by atoms with van der Waals surface area (Å²) < 4.78 is 12.3. The van der Waals surface area contributed by atoms with E-state index in [2.05, 4.69) is 5.16 Å². The number of hydrogen-bond donors (Lipinski definition) is 0. The van der Waals surface area contributed by atoms with Crippen LogP contribution in [0.5, 0.6) is 0 Å². The van der Waals surface area contributed by atoms with Crippen molar-refractivity contribution in [3.05, 3.63) is 69.3 Å². The van der Waals surface area contributed by atoms with E-state index in [1.165, 1.54) is 11.8 Å². The van der Waals surface area contributed by atoms with E-state index < -0.39 is 5.97 Å². The zero-order chi connectivity index (χ0) is 21.8. The number of esters is 1. The summed E-state index contributed by atoms with van der Waals surface area (Å²) in [6.07, 6.45) is 0. The molecule has 2 aromatic heterocycles. The van der Waals surface area contributed by atoms with Gasteiger partial charge in [0.1, 0.15) is 5.76 Å². The molecular weight excluding hydrogens is 424 g/mol. The standard InChI is InChI=1S/C22H23ClN2O4S/c1-13-9-19(15(3)25(13)18-7-5-17(23)6-8-18)21(26)10-28-22(27)12-30-11-20-14(2)24-29-16(20)4/h5-9H,10-12H2,1-4H3. The normalized spacial score (nSPS) is 11.0. The van der Waals surface area contributed by atoms with Gasteiger partial charge in [0.05, 0.1) is 11.4 Å². The maximum Gasteiger partial charge on any atom is 0.316 e. The van der Waals surface area contributed by atoms with E-state index >= 15 is 0 Å². The molecule has 0 saturated carbocycles. The van der Waals surface area contributed by atoms with E-state index in [9.17, 15) is 9.59 Å². The Balaban J connectivity index is 1.56. The highest BCUT2D eigenvalue weighted by molar-refractivity contribution is 7.99. The first-order chi connectivity index (χ1) is 14.3. The number of thioether (sulfide) groups is 1. The summed E-state index contributed by atoms with van der Waals surface area (Å²) in [6.45, 7) is 7.22. The van der Waals surface area contributed by atoms with Crippen molar-refractivity contribution in [3.63, 3.8) is 0 Å². The van der Waals surface area contributed by atoms with E-state index in [1.807, 2.05) is 50.5 Å². The molecule has 158 valence electrons. The van der Waals surface area contributed by atoms with Gasteiger partial charge in [0.15, 0.2) is 6.61 Å². The van der Waals surface area contributed by atoms with Crippen LogP contribution in [0.15, 0.2) is 34.9 Å². The third kappa shape index (κ3) is 4.96. The largest absolute Gasteiger partial charge is 0.457 e. The predicted molar refractivity (Wildman–Crippen MR) is 118 cm³/mol. The molecule has 0 radical (unpaired) electrons. The summed E-state index contributed by atoms with van der Waals surface area (Å²) in [5.41, 5.74) is 4.97. The molecule has 0 saturated heterocycles. The Morgan fingerprint density at radius 1 is 1.17 bits per heavy atom. The zero-order valence-electron chi connectivity index (χ0n) is 17.3. The van der Waals surface area contributed by atoms with E-state index in [4.69, 9.17) is 20.9 Å². The van der Waals surface area contributed by atoms with Crippen LogP contribution >= 0.6 is 23.4 Å².